The first-order valence-corrected chi connectivity index (χ1v) is 26.5. The third-order valence-corrected chi connectivity index (χ3v) is 17.1. The molecule has 15 nitrogen and oxygen atoms in total. The topological polar surface area (TPSA) is 176 Å². The summed E-state index contributed by atoms with van der Waals surface area (Å²) in [6.07, 6.45) is -2.94. The van der Waals surface area contributed by atoms with Crippen molar-refractivity contribution in [1.82, 2.24) is 10.1 Å². The summed E-state index contributed by atoms with van der Waals surface area (Å²) in [5.41, 5.74) is -6.63. The van der Waals surface area contributed by atoms with Crippen molar-refractivity contribution in [3.05, 3.63) is 59.4 Å². The number of nitrogens with zero attached hydrogens (tertiary/aromatic N) is 3. The molecule has 0 bridgehead atoms. The van der Waals surface area contributed by atoms with Gasteiger partial charge in [0, 0.05) is 36.2 Å². The number of hydrogen-bond acceptors (Lipinski definition) is 14. The van der Waals surface area contributed by atoms with Crippen LogP contribution in [-0.4, -0.2) is 96.7 Å². The zero-order valence-electron chi connectivity index (χ0n) is 42.4. The number of anilines is 1. The average molecular weight is 990 g/mol. The van der Waals surface area contributed by atoms with E-state index < -0.39 is 107 Å². The van der Waals surface area contributed by atoms with E-state index in [1.54, 1.807) is 12.2 Å². The number of aliphatic hydroxyl groups is 1. The van der Waals surface area contributed by atoms with Gasteiger partial charge in [-0.15, -0.1) is 26.3 Å². The van der Waals surface area contributed by atoms with Crippen molar-refractivity contribution in [3.63, 3.8) is 0 Å². The smallest absolute Gasteiger partial charge is 0.507 e. The van der Waals surface area contributed by atoms with Crippen LogP contribution in [0.1, 0.15) is 142 Å². The van der Waals surface area contributed by atoms with Crippen molar-refractivity contribution in [2.24, 2.45) is 11.8 Å². The summed E-state index contributed by atoms with van der Waals surface area (Å²) in [6, 6.07) is -0.125. The van der Waals surface area contributed by atoms with Crippen molar-refractivity contribution in [2.75, 3.05) is 31.2 Å². The molecule has 3 aliphatic rings. The van der Waals surface area contributed by atoms with E-state index in [0.29, 0.717) is 24.2 Å². The molecule has 1 N–H and O–H groups in total. The van der Waals surface area contributed by atoms with E-state index in [4.69, 9.17) is 32.6 Å². The number of unbranched alkanes of at least 4 members (excludes halogenated alkanes) is 2. The summed E-state index contributed by atoms with van der Waals surface area (Å²) in [5.74, 6) is -6.14. The Hall–Kier alpha value is -5.14. The zero-order valence-corrected chi connectivity index (χ0v) is 43.4. The van der Waals surface area contributed by atoms with Gasteiger partial charge in [0.2, 0.25) is 11.6 Å². The number of amides is 2. The normalized spacial score (nSPS) is 20.6. The summed E-state index contributed by atoms with van der Waals surface area (Å²) >= 11 is 0. The van der Waals surface area contributed by atoms with Gasteiger partial charge in [0.05, 0.1) is 24.8 Å². The van der Waals surface area contributed by atoms with E-state index in [9.17, 15) is 27.9 Å². The Morgan fingerprint density at radius 1 is 0.899 bits per heavy atom. The Bertz CT molecular complexity index is 2300. The van der Waals surface area contributed by atoms with Crippen LogP contribution in [0.5, 0.6) is 17.4 Å². The molecule has 5 rings (SSSR count). The Labute approximate surface area is 404 Å². The Morgan fingerprint density at radius 3 is 1.94 bits per heavy atom. The lowest BCUT2D eigenvalue weighted by atomic mass is 9.57. The van der Waals surface area contributed by atoms with Gasteiger partial charge in [-0.05, 0) is 96.4 Å². The summed E-state index contributed by atoms with van der Waals surface area (Å²) in [6.45, 7) is 30.9. The van der Waals surface area contributed by atoms with Crippen LogP contribution >= 0.6 is 0 Å². The summed E-state index contributed by atoms with van der Waals surface area (Å²) in [4.78, 5) is 62.7. The van der Waals surface area contributed by atoms with Gasteiger partial charge in [0.1, 0.15) is 34.0 Å². The predicted octanol–water partition coefficient (Wildman–Crippen LogP) is 12.0. The molecule has 1 saturated carbocycles. The molecule has 0 aliphatic heterocycles. The highest BCUT2D eigenvalue weighted by molar-refractivity contribution is 6.74. The molecule has 19 heteroatoms. The molecule has 0 spiro atoms. The maximum Gasteiger partial charge on any atom is 0.573 e. The zero-order chi connectivity index (χ0) is 51.8. The molecular formula is C50H70F3N3O12Si. The van der Waals surface area contributed by atoms with E-state index >= 15 is 9.59 Å². The molecule has 382 valence electrons. The second-order valence-electron chi connectivity index (χ2n) is 21.3. The van der Waals surface area contributed by atoms with Gasteiger partial charge < -0.3 is 37.7 Å². The number of ketones is 2. The van der Waals surface area contributed by atoms with Crippen LogP contribution in [0.4, 0.5) is 28.4 Å². The molecule has 1 aromatic heterocycles. The van der Waals surface area contributed by atoms with E-state index in [1.807, 2.05) is 52.6 Å². The molecule has 1 fully saturated rings. The molecule has 0 saturated heterocycles. The number of imide groups is 1. The minimum Gasteiger partial charge on any atom is -0.507 e. The molecule has 2 aromatic rings. The summed E-state index contributed by atoms with van der Waals surface area (Å²) in [7, 11) is -3.23. The number of carbonyl (C=O) groups excluding carboxylic acids is 4. The summed E-state index contributed by atoms with van der Waals surface area (Å²) < 4.78 is 85.6. The average Bonchev–Trinajstić information content (AvgIpc) is 3.61. The largest absolute Gasteiger partial charge is 0.573 e. The van der Waals surface area contributed by atoms with Crippen LogP contribution < -0.4 is 19.1 Å². The standard InChI is InChI=1S/C50H70F3N3O12Si/c1-16-20-24-62-39-32(56(44(60)65-46(5,6)7)45(61)66-47(8,9)10)28-33(64-50(51,52)53)30-26-29-27-31-37(55(22-18-3)23-19-4)40-36(43(54-67-40)63-25-21-17-2)42(59)49(31,68-69(14,15)48(11,12)13)41(58)34(29)38(57)35(30)39/h18-19,28-29,31,37,57H,3-4,16-17,20-27H2,1-2,5-15H3/t29-,31-,37-,49-/m0/s1. The van der Waals surface area contributed by atoms with Crippen molar-refractivity contribution < 1.29 is 70.1 Å². The molecule has 2 amide bonds. The van der Waals surface area contributed by atoms with Gasteiger partial charge in [-0.3, -0.25) is 14.5 Å². The maximum atomic E-state index is 16.3. The highest BCUT2D eigenvalue weighted by Crippen LogP contribution is 2.61. The van der Waals surface area contributed by atoms with Crippen LogP contribution in [0.15, 0.2) is 41.5 Å². The first-order valence-electron chi connectivity index (χ1n) is 23.5. The highest BCUT2D eigenvalue weighted by Gasteiger charge is 2.69. The minimum atomic E-state index is -5.34. The molecule has 1 heterocycles. The number of halogens is 3. The fourth-order valence-corrected chi connectivity index (χ4v) is 10.2. The van der Waals surface area contributed by atoms with E-state index in [1.165, 1.54) is 41.5 Å². The second kappa shape index (κ2) is 20.3. The lowest BCUT2D eigenvalue weighted by Crippen LogP contribution is -2.68. The van der Waals surface area contributed by atoms with Gasteiger partial charge in [-0.2, -0.15) is 4.90 Å². The van der Waals surface area contributed by atoms with Crippen LogP contribution in [0, 0.1) is 11.8 Å². The molecule has 1 aromatic carbocycles. The van der Waals surface area contributed by atoms with Crippen LogP contribution in [0.25, 0.3) is 5.76 Å². The Kier molecular flexibility index (Phi) is 16.1. The number of hydrogen-bond donors (Lipinski definition) is 1. The van der Waals surface area contributed by atoms with Crippen molar-refractivity contribution in [2.45, 2.75) is 162 Å². The Morgan fingerprint density at radius 2 is 1.45 bits per heavy atom. The number of benzene rings is 1. The number of rotatable bonds is 17. The van der Waals surface area contributed by atoms with Gasteiger partial charge >= 0.3 is 18.5 Å². The molecule has 3 aliphatic carbocycles. The maximum absolute atomic E-state index is 16.3. The second-order valence-corrected chi connectivity index (χ2v) is 26.0. The van der Waals surface area contributed by atoms with Crippen LogP contribution in [-0.2, 0) is 25.1 Å². The van der Waals surface area contributed by atoms with E-state index in [-0.39, 0.29) is 67.5 Å². The lowest BCUT2D eigenvalue weighted by Gasteiger charge is -2.55. The number of aliphatic hydroxyl groups excluding tert-OH is 1. The Balaban J connectivity index is 1.95. The number of carbonyl (C=O) groups is 4. The van der Waals surface area contributed by atoms with Crippen LogP contribution in [0.3, 0.4) is 0 Å². The fourth-order valence-electron chi connectivity index (χ4n) is 8.74. The number of aromatic nitrogens is 1. The number of fused-ring (bicyclic) bond motifs is 4. The number of alkyl halides is 3. The third-order valence-electron chi connectivity index (χ3n) is 12.7. The van der Waals surface area contributed by atoms with Crippen molar-refractivity contribution in [3.8, 4) is 17.4 Å². The molecule has 0 radical (unpaired) electrons. The third kappa shape index (κ3) is 11.2. The molecular weight excluding hydrogens is 920 g/mol. The number of ether oxygens (including phenoxy) is 5. The van der Waals surface area contributed by atoms with Gasteiger partial charge in [-0.1, -0.05) is 59.6 Å². The van der Waals surface area contributed by atoms with Gasteiger partial charge in [0.25, 0.3) is 5.88 Å². The minimum absolute atomic E-state index is 0.107. The quantitative estimate of drug-likeness (QED) is 0.0685. The first-order chi connectivity index (χ1) is 31.9. The van der Waals surface area contributed by atoms with Crippen molar-refractivity contribution >= 4 is 43.5 Å². The van der Waals surface area contributed by atoms with Crippen LogP contribution in [0.2, 0.25) is 18.1 Å². The first kappa shape index (κ1) is 54.8. The van der Waals surface area contributed by atoms with E-state index in [0.717, 1.165) is 12.5 Å². The van der Waals surface area contributed by atoms with E-state index in [2.05, 4.69) is 18.3 Å². The molecule has 0 unspecified atom stereocenters. The fraction of sp³-hybridized carbons (Fsp3) is 0.620. The number of Topliss-reactive ketones (excluding diaryl/α,β-unsaturated/α-hetero) is 2. The van der Waals surface area contributed by atoms with Gasteiger partial charge in [-0.25, -0.2) is 9.59 Å². The predicted molar refractivity (Wildman–Crippen MR) is 255 cm³/mol. The monoisotopic (exact) mass is 989 g/mol. The SMILES string of the molecule is C=CCN(CC=C)[C@@H]1c2onc(OCCCC)c2C(=O)[C@@]2(O[Si](C)(C)C(C)(C)C)C(=O)C3=C(O)c4c(c(OC(F)(F)F)cc(N(C(=O)OC(C)(C)C)C(=O)OC(C)(C)C)c4OCCCC)C[C@H]3C[C@@H]12. The molecule has 4 atom stereocenters. The van der Waals surface area contributed by atoms with Crippen molar-refractivity contribution in [1.29, 1.82) is 0 Å². The molecule has 69 heavy (non-hydrogen) atoms. The lowest BCUT2D eigenvalue weighted by molar-refractivity contribution is -0.275. The van der Waals surface area contributed by atoms with Gasteiger partial charge in [0.15, 0.2) is 25.4 Å². The summed E-state index contributed by atoms with van der Waals surface area (Å²) in [5, 5.41) is 16.6. The highest BCUT2D eigenvalue weighted by atomic mass is 28.4.